The van der Waals surface area contributed by atoms with Crippen molar-refractivity contribution in [2.45, 2.75) is 17.7 Å². The fourth-order valence-electron chi connectivity index (χ4n) is 3.57. The SMILES string of the molecule is CCN(Cc1ccccc1)c1ccc(/C=N/NC(=O)c2ccccc2NS(=O)(=O)c2cccs2)cc1. The topological polar surface area (TPSA) is 90.9 Å². The van der Waals surface area contributed by atoms with Crippen molar-refractivity contribution in [1.29, 1.82) is 0 Å². The monoisotopic (exact) mass is 518 g/mol. The molecule has 0 fully saturated rings. The summed E-state index contributed by atoms with van der Waals surface area (Å²) in [5, 5.41) is 5.73. The molecule has 3 aromatic carbocycles. The van der Waals surface area contributed by atoms with Gasteiger partial charge in [-0.05, 0) is 53.8 Å². The Bertz CT molecular complexity index is 1420. The first-order valence-electron chi connectivity index (χ1n) is 11.3. The van der Waals surface area contributed by atoms with Gasteiger partial charge in [0, 0.05) is 18.8 Å². The average Bonchev–Trinajstić information content (AvgIpc) is 3.45. The molecule has 184 valence electrons. The Morgan fingerprint density at radius 2 is 1.67 bits per heavy atom. The van der Waals surface area contributed by atoms with E-state index in [1.54, 1.807) is 29.8 Å². The van der Waals surface area contributed by atoms with E-state index < -0.39 is 15.9 Å². The number of sulfonamides is 1. The van der Waals surface area contributed by atoms with E-state index >= 15 is 0 Å². The largest absolute Gasteiger partial charge is 0.367 e. The molecule has 2 N–H and O–H groups in total. The van der Waals surface area contributed by atoms with Crippen LogP contribution in [0.3, 0.4) is 0 Å². The Hall–Kier alpha value is -3.95. The highest BCUT2D eigenvalue weighted by molar-refractivity contribution is 7.94. The maximum absolute atomic E-state index is 12.7. The summed E-state index contributed by atoms with van der Waals surface area (Å²) in [6.45, 7) is 3.80. The van der Waals surface area contributed by atoms with E-state index in [1.165, 1.54) is 23.8 Å². The molecule has 0 radical (unpaired) electrons. The second-order valence-electron chi connectivity index (χ2n) is 7.87. The molecule has 0 bridgehead atoms. The lowest BCUT2D eigenvalue weighted by molar-refractivity contribution is 0.0956. The quantitative estimate of drug-likeness (QED) is 0.219. The highest BCUT2D eigenvalue weighted by Crippen LogP contribution is 2.23. The van der Waals surface area contributed by atoms with Gasteiger partial charge in [-0.15, -0.1) is 11.3 Å². The van der Waals surface area contributed by atoms with Gasteiger partial charge in [-0.3, -0.25) is 9.52 Å². The van der Waals surface area contributed by atoms with Crippen LogP contribution in [0.5, 0.6) is 0 Å². The summed E-state index contributed by atoms with van der Waals surface area (Å²) in [6, 6.07) is 27.8. The summed E-state index contributed by atoms with van der Waals surface area (Å²) in [4.78, 5) is 15.0. The number of anilines is 2. The Labute approximate surface area is 215 Å². The number of rotatable bonds is 10. The number of hydrogen-bond donors (Lipinski definition) is 2. The van der Waals surface area contributed by atoms with Gasteiger partial charge >= 0.3 is 0 Å². The van der Waals surface area contributed by atoms with Crippen LogP contribution in [0.2, 0.25) is 0 Å². The number of nitrogens with zero attached hydrogens (tertiary/aromatic N) is 2. The third-order valence-electron chi connectivity index (χ3n) is 5.41. The van der Waals surface area contributed by atoms with Crippen molar-refractivity contribution >= 4 is 44.9 Å². The molecule has 4 rings (SSSR count). The highest BCUT2D eigenvalue weighted by atomic mass is 32.2. The van der Waals surface area contributed by atoms with Crippen molar-refractivity contribution in [3.05, 3.63) is 113 Å². The van der Waals surface area contributed by atoms with Gasteiger partial charge in [0.15, 0.2) is 0 Å². The third-order valence-corrected chi connectivity index (χ3v) is 8.17. The maximum Gasteiger partial charge on any atom is 0.273 e. The number of amides is 1. The summed E-state index contributed by atoms with van der Waals surface area (Å²) < 4.78 is 27.8. The molecule has 9 heteroatoms. The van der Waals surface area contributed by atoms with Crippen LogP contribution >= 0.6 is 11.3 Å². The molecule has 1 amide bonds. The zero-order chi connectivity index (χ0) is 25.4. The van der Waals surface area contributed by atoms with E-state index in [0.717, 1.165) is 35.7 Å². The van der Waals surface area contributed by atoms with Crippen LogP contribution < -0.4 is 15.0 Å². The first-order valence-corrected chi connectivity index (χ1v) is 13.7. The summed E-state index contributed by atoms with van der Waals surface area (Å²) >= 11 is 1.10. The lowest BCUT2D eigenvalue weighted by atomic mass is 10.1. The lowest BCUT2D eigenvalue weighted by Crippen LogP contribution is -2.22. The van der Waals surface area contributed by atoms with E-state index in [0.29, 0.717) is 0 Å². The van der Waals surface area contributed by atoms with Gasteiger partial charge in [0.2, 0.25) is 0 Å². The standard InChI is InChI=1S/C27H26N4O3S2/c1-2-31(20-22-9-4-3-5-10-22)23-16-14-21(15-17-23)19-28-29-27(32)24-11-6-7-12-25(24)30-36(33,34)26-13-8-18-35-26/h3-19,30H,2,20H2,1H3,(H,29,32)/b28-19+. The van der Waals surface area contributed by atoms with Gasteiger partial charge in [-0.2, -0.15) is 5.10 Å². The van der Waals surface area contributed by atoms with Crippen molar-refractivity contribution in [3.63, 3.8) is 0 Å². The normalized spacial score (nSPS) is 11.4. The summed E-state index contributed by atoms with van der Waals surface area (Å²) in [5.74, 6) is -0.521. The highest BCUT2D eigenvalue weighted by Gasteiger charge is 2.19. The molecule has 0 aliphatic heterocycles. The van der Waals surface area contributed by atoms with E-state index in [2.05, 4.69) is 39.2 Å². The number of para-hydroxylation sites is 1. The fraction of sp³-hybridized carbons (Fsp3) is 0.111. The molecule has 0 spiro atoms. The van der Waals surface area contributed by atoms with Gasteiger partial charge in [-0.25, -0.2) is 13.8 Å². The molecule has 36 heavy (non-hydrogen) atoms. The molecule has 0 atom stereocenters. The number of nitrogens with one attached hydrogen (secondary N) is 2. The Balaban J connectivity index is 1.40. The third kappa shape index (κ3) is 6.38. The van der Waals surface area contributed by atoms with Gasteiger partial charge in [0.1, 0.15) is 4.21 Å². The van der Waals surface area contributed by atoms with Crippen LogP contribution in [0.4, 0.5) is 11.4 Å². The minimum Gasteiger partial charge on any atom is -0.367 e. The van der Waals surface area contributed by atoms with E-state index in [1.807, 2.05) is 42.5 Å². The fourth-order valence-corrected chi connectivity index (χ4v) is 5.64. The minimum absolute atomic E-state index is 0.171. The summed E-state index contributed by atoms with van der Waals surface area (Å²) in [7, 11) is -3.78. The summed E-state index contributed by atoms with van der Waals surface area (Å²) in [5.41, 5.74) is 5.98. The predicted molar refractivity (Wildman–Crippen MR) is 146 cm³/mol. The zero-order valence-corrected chi connectivity index (χ0v) is 21.3. The molecular weight excluding hydrogens is 492 g/mol. The number of thiophene rings is 1. The molecule has 0 saturated heterocycles. The molecule has 4 aromatic rings. The average molecular weight is 519 g/mol. The van der Waals surface area contributed by atoms with Gasteiger partial charge in [0.25, 0.3) is 15.9 Å². The number of hydrazone groups is 1. The molecule has 1 aromatic heterocycles. The minimum atomic E-state index is -3.78. The van der Waals surface area contributed by atoms with Crippen molar-refractivity contribution in [3.8, 4) is 0 Å². The van der Waals surface area contributed by atoms with Crippen LogP contribution in [-0.4, -0.2) is 27.1 Å². The van der Waals surface area contributed by atoms with Gasteiger partial charge in [0.05, 0.1) is 17.5 Å². The van der Waals surface area contributed by atoms with Crippen LogP contribution in [0.25, 0.3) is 0 Å². The molecular formula is C27H26N4O3S2. The van der Waals surface area contributed by atoms with Gasteiger partial charge < -0.3 is 4.90 Å². The van der Waals surface area contributed by atoms with Crippen LogP contribution in [0, 0.1) is 0 Å². The molecule has 0 aliphatic carbocycles. The predicted octanol–water partition coefficient (Wildman–Crippen LogP) is 5.34. The molecule has 1 heterocycles. The maximum atomic E-state index is 12.7. The number of hydrogen-bond acceptors (Lipinski definition) is 6. The smallest absolute Gasteiger partial charge is 0.273 e. The van der Waals surface area contributed by atoms with Crippen molar-refractivity contribution < 1.29 is 13.2 Å². The van der Waals surface area contributed by atoms with Crippen LogP contribution in [0.15, 0.2) is 106 Å². The van der Waals surface area contributed by atoms with Crippen LogP contribution in [0.1, 0.15) is 28.4 Å². The number of benzene rings is 3. The molecule has 0 unspecified atom stereocenters. The number of carbonyl (C=O) groups excluding carboxylic acids is 1. The zero-order valence-electron chi connectivity index (χ0n) is 19.7. The summed E-state index contributed by atoms with van der Waals surface area (Å²) in [6.07, 6.45) is 1.55. The van der Waals surface area contributed by atoms with Crippen molar-refractivity contribution in [1.82, 2.24) is 5.43 Å². The first-order chi connectivity index (χ1) is 17.5. The molecule has 0 saturated carbocycles. The van der Waals surface area contributed by atoms with E-state index in [-0.39, 0.29) is 15.5 Å². The van der Waals surface area contributed by atoms with Crippen molar-refractivity contribution in [2.24, 2.45) is 5.10 Å². The van der Waals surface area contributed by atoms with Gasteiger partial charge in [-0.1, -0.05) is 60.7 Å². The van der Waals surface area contributed by atoms with E-state index in [9.17, 15) is 13.2 Å². The second-order valence-corrected chi connectivity index (χ2v) is 10.7. The molecule has 7 nitrogen and oxygen atoms in total. The Kier molecular flexibility index (Phi) is 8.14. The van der Waals surface area contributed by atoms with E-state index in [4.69, 9.17) is 0 Å². The second kappa shape index (κ2) is 11.7. The first kappa shape index (κ1) is 25.2. The number of carbonyl (C=O) groups is 1. The lowest BCUT2D eigenvalue weighted by Gasteiger charge is -2.23. The Morgan fingerprint density at radius 3 is 2.36 bits per heavy atom. The Morgan fingerprint density at radius 1 is 0.944 bits per heavy atom. The molecule has 0 aliphatic rings. The van der Waals surface area contributed by atoms with Crippen molar-refractivity contribution in [2.75, 3.05) is 16.2 Å². The van der Waals surface area contributed by atoms with Crippen LogP contribution in [-0.2, 0) is 16.6 Å².